The maximum absolute atomic E-state index is 12.6. The molecular weight excluding hydrogens is 305 g/mol. The second kappa shape index (κ2) is 8.05. The molecule has 0 fully saturated rings. The molecule has 1 amide bonds. The van der Waals surface area contributed by atoms with E-state index in [1.807, 2.05) is 0 Å². The van der Waals surface area contributed by atoms with E-state index in [4.69, 9.17) is 0 Å². The van der Waals surface area contributed by atoms with E-state index in [9.17, 15) is 14.6 Å². The highest BCUT2D eigenvalue weighted by Crippen LogP contribution is 2.25. The summed E-state index contributed by atoms with van der Waals surface area (Å²) < 4.78 is 0. The maximum atomic E-state index is 12.6. The molecule has 0 unspecified atom stereocenters. The Morgan fingerprint density at radius 2 is 1.92 bits per heavy atom. The first kappa shape index (κ1) is 20.5. The van der Waals surface area contributed by atoms with Gasteiger partial charge in [-0.1, -0.05) is 41.4 Å². The molecule has 0 bridgehead atoms. The van der Waals surface area contributed by atoms with Crippen LogP contribution in [-0.4, -0.2) is 54.6 Å². The van der Waals surface area contributed by atoms with E-state index < -0.39 is 12.3 Å². The molecule has 1 atom stereocenters. The van der Waals surface area contributed by atoms with Crippen LogP contribution in [0.5, 0.6) is 0 Å². The number of ketones is 1. The average molecular weight is 335 g/mol. The van der Waals surface area contributed by atoms with Crippen molar-refractivity contribution in [3.63, 3.8) is 0 Å². The van der Waals surface area contributed by atoms with Crippen LogP contribution in [0.3, 0.4) is 0 Å². The summed E-state index contributed by atoms with van der Waals surface area (Å²) in [5.41, 5.74) is -0.568. The molecule has 0 saturated carbocycles. The van der Waals surface area contributed by atoms with Crippen LogP contribution in [0.1, 0.15) is 47.5 Å². The Balaban J connectivity index is 2.74. The first-order chi connectivity index (χ1) is 10.9. The highest BCUT2D eigenvalue weighted by atomic mass is 16.2. The smallest absolute Gasteiger partial charge is 0.308 e. The Morgan fingerprint density at radius 1 is 1.29 bits per heavy atom. The zero-order valence-corrected chi connectivity index (χ0v) is 15.7. The number of rotatable bonds is 7. The fraction of sp³-hybridized carbons (Fsp3) is 0.765. The van der Waals surface area contributed by atoms with Gasteiger partial charge < -0.3 is 10.3 Å². The van der Waals surface area contributed by atoms with E-state index in [1.54, 1.807) is 20.7 Å². The van der Waals surface area contributed by atoms with Gasteiger partial charge >= 0.3 is 6.92 Å². The lowest BCUT2D eigenvalue weighted by molar-refractivity contribution is -0.132. The van der Waals surface area contributed by atoms with E-state index >= 15 is 0 Å². The largest absolute Gasteiger partial charge is 0.449 e. The molecule has 0 aromatic heterocycles. The van der Waals surface area contributed by atoms with Gasteiger partial charge in [-0.2, -0.15) is 0 Å². The third kappa shape index (κ3) is 6.55. The molecule has 0 spiro atoms. The van der Waals surface area contributed by atoms with Crippen molar-refractivity contribution >= 4 is 30.5 Å². The van der Waals surface area contributed by atoms with Crippen LogP contribution in [0.2, 0.25) is 6.82 Å². The van der Waals surface area contributed by atoms with Crippen molar-refractivity contribution in [2.45, 2.75) is 60.2 Å². The monoisotopic (exact) mass is 335 g/mol. The van der Waals surface area contributed by atoms with E-state index in [2.05, 4.69) is 36.1 Å². The van der Waals surface area contributed by atoms with Gasteiger partial charge in [0.25, 0.3) is 0 Å². The van der Waals surface area contributed by atoms with Gasteiger partial charge in [0.1, 0.15) is 5.71 Å². The van der Waals surface area contributed by atoms with E-state index in [1.165, 1.54) is 6.21 Å². The van der Waals surface area contributed by atoms with Gasteiger partial charge in [-0.25, -0.2) is 0 Å². The molecule has 1 heterocycles. The first-order valence-corrected chi connectivity index (χ1v) is 8.49. The lowest BCUT2D eigenvalue weighted by Crippen LogP contribution is -2.51. The molecular formula is C17H30BN3O3. The average Bonchev–Trinajstić information content (AvgIpc) is 2.45. The topological polar surface area (TPSA) is 91.1 Å². The van der Waals surface area contributed by atoms with Gasteiger partial charge in [0, 0.05) is 12.4 Å². The SMILES string of the molecule is CB(O)[C@H](CC(C)(C)C)NC(=O)C(C)(C)CC(=O)C1=NCCN=C1. The highest BCUT2D eigenvalue weighted by Gasteiger charge is 2.35. The molecule has 1 rings (SSSR count). The minimum atomic E-state index is -0.879. The minimum Gasteiger partial charge on any atom is -0.449 e. The number of hydrogen-bond donors (Lipinski definition) is 2. The molecule has 0 aromatic carbocycles. The van der Waals surface area contributed by atoms with Crippen LogP contribution >= 0.6 is 0 Å². The van der Waals surface area contributed by atoms with Crippen LogP contribution < -0.4 is 5.32 Å². The third-order valence-electron chi connectivity index (χ3n) is 3.96. The van der Waals surface area contributed by atoms with Gasteiger partial charge in [-0.05, 0) is 11.8 Å². The molecule has 0 aliphatic carbocycles. The molecule has 0 radical (unpaired) electrons. The molecule has 0 aromatic rings. The van der Waals surface area contributed by atoms with E-state index in [0.717, 1.165) is 0 Å². The van der Waals surface area contributed by atoms with Crippen molar-refractivity contribution < 1.29 is 14.6 Å². The Hall–Kier alpha value is -1.50. The summed E-state index contributed by atoms with van der Waals surface area (Å²) in [6.07, 6.45) is 2.20. The predicted molar refractivity (Wildman–Crippen MR) is 98.9 cm³/mol. The van der Waals surface area contributed by atoms with Crippen LogP contribution in [0.25, 0.3) is 0 Å². The summed E-state index contributed by atoms with van der Waals surface area (Å²) in [5.74, 6) is -0.761. The molecule has 7 heteroatoms. The maximum Gasteiger partial charge on any atom is 0.308 e. The second-order valence-electron chi connectivity index (χ2n) is 8.37. The van der Waals surface area contributed by atoms with Crippen molar-refractivity contribution in [1.29, 1.82) is 0 Å². The fourth-order valence-corrected chi connectivity index (χ4v) is 2.52. The molecule has 24 heavy (non-hydrogen) atoms. The van der Waals surface area contributed by atoms with Crippen molar-refractivity contribution in [3.8, 4) is 0 Å². The van der Waals surface area contributed by atoms with Crippen LogP contribution in [0, 0.1) is 10.8 Å². The van der Waals surface area contributed by atoms with E-state index in [-0.39, 0.29) is 29.5 Å². The quantitative estimate of drug-likeness (QED) is 0.692. The number of amides is 1. The van der Waals surface area contributed by atoms with Crippen LogP contribution in [0.15, 0.2) is 9.98 Å². The number of nitrogens with zero attached hydrogens (tertiary/aromatic N) is 2. The van der Waals surface area contributed by atoms with Gasteiger partial charge in [-0.15, -0.1) is 0 Å². The summed E-state index contributed by atoms with van der Waals surface area (Å²) in [6, 6.07) is 0. The molecule has 134 valence electrons. The first-order valence-electron chi connectivity index (χ1n) is 8.49. The second-order valence-corrected chi connectivity index (χ2v) is 8.37. The van der Waals surface area contributed by atoms with Crippen molar-refractivity contribution in [2.75, 3.05) is 13.1 Å². The fourth-order valence-electron chi connectivity index (χ4n) is 2.52. The number of aliphatic imine (C=N–C) groups is 2. The van der Waals surface area contributed by atoms with Gasteiger partial charge in [-0.3, -0.25) is 19.6 Å². The number of nitrogens with one attached hydrogen (secondary N) is 1. The van der Waals surface area contributed by atoms with Gasteiger partial charge in [0.2, 0.25) is 5.91 Å². The van der Waals surface area contributed by atoms with Crippen molar-refractivity contribution in [2.24, 2.45) is 20.8 Å². The number of carbonyl (C=O) groups is 2. The molecule has 2 N–H and O–H groups in total. The van der Waals surface area contributed by atoms with Gasteiger partial charge in [0.05, 0.1) is 24.7 Å². The Kier molecular flexibility index (Phi) is 6.90. The highest BCUT2D eigenvalue weighted by molar-refractivity contribution is 6.61. The summed E-state index contributed by atoms with van der Waals surface area (Å²) in [7, 11) is 0. The van der Waals surface area contributed by atoms with Crippen molar-refractivity contribution in [3.05, 3.63) is 0 Å². The summed E-state index contributed by atoms with van der Waals surface area (Å²) in [4.78, 5) is 33.2. The molecule has 1 aliphatic heterocycles. The van der Waals surface area contributed by atoms with Crippen LogP contribution in [0.4, 0.5) is 0 Å². The lowest BCUT2D eigenvalue weighted by Gasteiger charge is -2.31. The summed E-state index contributed by atoms with van der Waals surface area (Å²) in [5, 5.41) is 12.9. The van der Waals surface area contributed by atoms with Crippen molar-refractivity contribution in [1.82, 2.24) is 5.32 Å². The molecule has 0 saturated heterocycles. The normalized spacial score (nSPS) is 16.4. The Morgan fingerprint density at radius 3 is 2.38 bits per heavy atom. The summed E-state index contributed by atoms with van der Waals surface area (Å²) in [6.45, 7) is 11.8. The summed E-state index contributed by atoms with van der Waals surface area (Å²) >= 11 is 0. The number of Topliss-reactive ketones (excluding diaryl/α,β-unsaturated/α-hetero) is 1. The zero-order valence-electron chi connectivity index (χ0n) is 15.7. The molecule has 6 nitrogen and oxygen atoms in total. The third-order valence-corrected chi connectivity index (χ3v) is 3.96. The molecule has 1 aliphatic rings. The lowest BCUT2D eigenvalue weighted by atomic mass is 9.59. The number of hydrogen-bond acceptors (Lipinski definition) is 5. The van der Waals surface area contributed by atoms with E-state index in [0.29, 0.717) is 25.2 Å². The zero-order chi connectivity index (χ0) is 18.5. The number of carbonyl (C=O) groups excluding carboxylic acids is 2. The predicted octanol–water partition coefficient (Wildman–Crippen LogP) is 1.57. The van der Waals surface area contributed by atoms with Crippen LogP contribution in [-0.2, 0) is 9.59 Å². The minimum absolute atomic E-state index is 0.0256. The van der Waals surface area contributed by atoms with Gasteiger partial charge in [0.15, 0.2) is 5.78 Å². The Bertz CT molecular complexity index is 534. The standard InChI is InChI=1S/C17H30BN3O3/c1-16(2,3)10-14(18(6)24)21-15(23)17(4,5)9-13(22)12-11-19-7-8-20-12/h11,14,24H,7-10H2,1-6H3,(H,21,23)/t14-/m0/s1. The Labute approximate surface area is 145 Å².